The Balaban J connectivity index is 0.000000220. The summed E-state index contributed by atoms with van der Waals surface area (Å²) in [7, 11) is 0. The van der Waals surface area contributed by atoms with Crippen LogP contribution in [0.15, 0.2) is 49.6 Å². The number of furan rings is 3. The average molecular weight is 406 g/mol. The normalized spacial score (nSPS) is 9.28. The van der Waals surface area contributed by atoms with Gasteiger partial charge in [0.2, 0.25) is 17.3 Å². The molecule has 0 aromatic carbocycles. The number of carboxylic acid groups (broad SMARTS) is 3. The highest BCUT2D eigenvalue weighted by molar-refractivity contribution is 5.89. The molecule has 0 saturated heterocycles. The second-order valence-electron chi connectivity index (χ2n) is 4.97. The fourth-order valence-corrected chi connectivity index (χ4v) is 1.62. The van der Waals surface area contributed by atoms with Gasteiger partial charge in [-0.15, -0.1) is 0 Å². The van der Waals surface area contributed by atoms with Crippen molar-refractivity contribution in [1.29, 1.82) is 0 Å². The van der Waals surface area contributed by atoms with Crippen molar-refractivity contribution in [2.24, 2.45) is 0 Å². The van der Waals surface area contributed by atoms with Gasteiger partial charge in [-0.25, -0.2) is 14.4 Å². The molecule has 3 heterocycles. The second kappa shape index (κ2) is 10.7. The van der Waals surface area contributed by atoms with Crippen molar-refractivity contribution in [3.8, 4) is 0 Å². The van der Waals surface area contributed by atoms with Crippen LogP contribution in [0.2, 0.25) is 0 Å². The van der Waals surface area contributed by atoms with Crippen LogP contribution < -0.4 is 0 Å². The number of hydrogen-bond acceptors (Lipinski definition) is 8. The quantitative estimate of drug-likeness (QED) is 0.529. The van der Waals surface area contributed by atoms with Crippen LogP contribution in [0.25, 0.3) is 0 Å². The Hall–Kier alpha value is -4.41. The van der Waals surface area contributed by atoms with E-state index in [9.17, 15) is 24.0 Å². The third-order valence-electron chi connectivity index (χ3n) is 2.86. The van der Waals surface area contributed by atoms with Crippen LogP contribution in [0.4, 0.5) is 0 Å². The Bertz CT molecular complexity index is 974. The minimum atomic E-state index is -1.28. The molecule has 0 radical (unpaired) electrons. The molecule has 0 aliphatic rings. The molecule has 0 spiro atoms. The molecule has 29 heavy (non-hydrogen) atoms. The molecule has 0 aliphatic heterocycles. The summed E-state index contributed by atoms with van der Waals surface area (Å²) in [5, 5.41) is 24.9. The number of hydrogen-bond donors (Lipinski definition) is 3. The third kappa shape index (κ3) is 7.38. The number of aryl methyl sites for hydroxylation is 1. The molecule has 3 rings (SSSR count). The van der Waals surface area contributed by atoms with Gasteiger partial charge in [-0.3, -0.25) is 9.59 Å². The molecule has 0 bridgehead atoms. The Morgan fingerprint density at radius 2 is 1.03 bits per heavy atom. The van der Waals surface area contributed by atoms with Crippen LogP contribution >= 0.6 is 0 Å². The van der Waals surface area contributed by atoms with Crippen molar-refractivity contribution in [1.82, 2.24) is 0 Å². The minimum Gasteiger partial charge on any atom is -0.475 e. The van der Waals surface area contributed by atoms with E-state index in [0.717, 1.165) is 17.9 Å². The molecule has 0 fully saturated rings. The van der Waals surface area contributed by atoms with Crippen molar-refractivity contribution < 1.29 is 52.5 Å². The van der Waals surface area contributed by atoms with Crippen molar-refractivity contribution in [2.45, 2.75) is 6.92 Å². The zero-order chi connectivity index (χ0) is 22.0. The zero-order valence-electron chi connectivity index (χ0n) is 14.7. The van der Waals surface area contributed by atoms with Crippen molar-refractivity contribution in [2.75, 3.05) is 0 Å². The van der Waals surface area contributed by atoms with E-state index in [-0.39, 0.29) is 23.0 Å². The number of rotatable bonds is 5. The van der Waals surface area contributed by atoms with Gasteiger partial charge < -0.3 is 28.6 Å². The minimum absolute atomic E-state index is 0.0254. The van der Waals surface area contributed by atoms with Crippen LogP contribution in [0.1, 0.15) is 58.5 Å². The summed E-state index contributed by atoms with van der Waals surface area (Å²) in [6.07, 6.45) is 1.14. The number of carbonyl (C=O) groups is 5. The molecule has 0 atom stereocenters. The standard InChI is InChI=1S/C6H4O5.C6H4O4.C6H6O2/c7-5(8)3-1-2-4(11-3)6(9)10;7-3-4-1-2-5(10-4)6(8)9;1-5-2-3-6(4-7)8-5/h1-2H,(H,7,8)(H,9,10);1-3H,(H,8,9);2-4H,1H3. The van der Waals surface area contributed by atoms with Gasteiger partial charge >= 0.3 is 17.9 Å². The smallest absolute Gasteiger partial charge is 0.371 e. The molecule has 0 unspecified atom stereocenters. The lowest BCUT2D eigenvalue weighted by atomic mass is 10.4. The molecule has 11 nitrogen and oxygen atoms in total. The molecular formula is C18H14O11. The van der Waals surface area contributed by atoms with Crippen molar-refractivity contribution >= 4 is 30.5 Å². The first-order valence-electron chi connectivity index (χ1n) is 7.54. The lowest BCUT2D eigenvalue weighted by Gasteiger charge is -1.84. The van der Waals surface area contributed by atoms with Crippen LogP contribution in [-0.2, 0) is 0 Å². The first-order valence-corrected chi connectivity index (χ1v) is 7.54. The van der Waals surface area contributed by atoms with Gasteiger partial charge in [-0.2, -0.15) is 0 Å². The molecule has 3 aromatic heterocycles. The van der Waals surface area contributed by atoms with Gasteiger partial charge in [0.25, 0.3) is 0 Å². The van der Waals surface area contributed by atoms with Gasteiger partial charge in [0.1, 0.15) is 5.76 Å². The van der Waals surface area contributed by atoms with Gasteiger partial charge in [0.05, 0.1) is 0 Å². The highest BCUT2D eigenvalue weighted by Gasteiger charge is 2.12. The molecule has 0 amide bonds. The van der Waals surface area contributed by atoms with Crippen LogP contribution in [0.3, 0.4) is 0 Å². The van der Waals surface area contributed by atoms with E-state index in [1.165, 1.54) is 12.1 Å². The van der Waals surface area contributed by atoms with Crippen LogP contribution in [0.5, 0.6) is 0 Å². The Morgan fingerprint density at radius 3 is 1.28 bits per heavy atom. The highest BCUT2D eigenvalue weighted by Crippen LogP contribution is 2.07. The van der Waals surface area contributed by atoms with E-state index in [0.29, 0.717) is 18.3 Å². The first-order chi connectivity index (χ1) is 13.7. The average Bonchev–Trinajstić information content (AvgIpc) is 3.42. The summed E-state index contributed by atoms with van der Waals surface area (Å²) < 4.78 is 13.8. The summed E-state index contributed by atoms with van der Waals surface area (Å²) in [6.45, 7) is 1.80. The van der Waals surface area contributed by atoms with Gasteiger partial charge in [-0.1, -0.05) is 0 Å². The molecule has 3 N–H and O–H groups in total. The third-order valence-corrected chi connectivity index (χ3v) is 2.86. The van der Waals surface area contributed by atoms with E-state index in [2.05, 4.69) is 8.83 Å². The topological polar surface area (TPSA) is 185 Å². The highest BCUT2D eigenvalue weighted by atomic mass is 16.4. The van der Waals surface area contributed by atoms with Crippen LogP contribution in [-0.4, -0.2) is 45.8 Å². The first kappa shape index (κ1) is 22.6. The van der Waals surface area contributed by atoms with Gasteiger partial charge in [-0.05, 0) is 43.3 Å². The largest absolute Gasteiger partial charge is 0.475 e. The molecule has 0 saturated carbocycles. The monoisotopic (exact) mass is 406 g/mol. The van der Waals surface area contributed by atoms with E-state index < -0.39 is 17.9 Å². The maximum absolute atomic E-state index is 10.2. The van der Waals surface area contributed by atoms with E-state index >= 15 is 0 Å². The predicted molar refractivity (Wildman–Crippen MR) is 92.5 cm³/mol. The van der Waals surface area contributed by atoms with Crippen molar-refractivity contribution in [3.05, 3.63) is 71.0 Å². The molecule has 0 aliphatic carbocycles. The SMILES string of the molecule is Cc1ccc(C=O)o1.O=C(O)c1ccc(C(=O)O)o1.O=Cc1ccc(C(=O)O)o1. The number of aldehydes is 2. The number of aromatic carboxylic acids is 3. The van der Waals surface area contributed by atoms with E-state index in [1.807, 2.05) is 0 Å². The lowest BCUT2D eigenvalue weighted by Crippen LogP contribution is -1.94. The Morgan fingerprint density at radius 1 is 0.655 bits per heavy atom. The Kier molecular flexibility index (Phi) is 8.33. The second-order valence-corrected chi connectivity index (χ2v) is 4.97. The fraction of sp³-hybridized carbons (Fsp3) is 0.0556. The van der Waals surface area contributed by atoms with E-state index in [1.54, 1.807) is 19.1 Å². The van der Waals surface area contributed by atoms with Crippen LogP contribution in [0, 0.1) is 6.92 Å². The summed E-state index contributed by atoms with van der Waals surface area (Å²) >= 11 is 0. The molecule has 3 aromatic rings. The van der Waals surface area contributed by atoms with Gasteiger partial charge in [0.15, 0.2) is 24.1 Å². The zero-order valence-corrected chi connectivity index (χ0v) is 14.7. The number of carbonyl (C=O) groups excluding carboxylic acids is 2. The maximum atomic E-state index is 10.2. The maximum Gasteiger partial charge on any atom is 0.371 e. The fourth-order valence-electron chi connectivity index (χ4n) is 1.62. The summed E-state index contributed by atoms with van der Waals surface area (Å²) in [4.78, 5) is 50.3. The lowest BCUT2D eigenvalue weighted by molar-refractivity contribution is 0.0625. The van der Waals surface area contributed by atoms with Gasteiger partial charge in [0, 0.05) is 0 Å². The summed E-state index contributed by atoms with van der Waals surface area (Å²) in [5.41, 5.74) is 0. The van der Waals surface area contributed by atoms with Crippen molar-refractivity contribution in [3.63, 3.8) is 0 Å². The molecule has 11 heteroatoms. The summed E-state index contributed by atoms with van der Waals surface area (Å²) in [6, 6.07) is 8.10. The number of carboxylic acids is 3. The predicted octanol–water partition coefficient (Wildman–Crippen LogP) is 2.87. The molecule has 152 valence electrons. The van der Waals surface area contributed by atoms with E-state index in [4.69, 9.17) is 19.7 Å². The summed E-state index contributed by atoms with van der Waals surface area (Å²) in [5.74, 6) is -3.51. The Labute approximate surface area is 161 Å². The molecular weight excluding hydrogens is 392 g/mol.